The van der Waals surface area contributed by atoms with Crippen molar-refractivity contribution in [3.05, 3.63) is 35.9 Å². The van der Waals surface area contributed by atoms with E-state index in [4.69, 9.17) is 0 Å². The average Bonchev–Trinajstić information content (AvgIpc) is 2.03. The molecular weight excluding hydrogens is 213 g/mol. The van der Waals surface area contributed by atoms with E-state index in [2.05, 4.69) is 32.9 Å². The van der Waals surface area contributed by atoms with Crippen molar-refractivity contribution in [1.82, 2.24) is 0 Å². The average molecular weight is 233 g/mol. The van der Waals surface area contributed by atoms with Gasteiger partial charge in [-0.1, -0.05) is 48.3 Å². The molecule has 80 valence electrons. The van der Waals surface area contributed by atoms with Gasteiger partial charge in [0.1, 0.15) is 0 Å². The van der Waals surface area contributed by atoms with E-state index in [1.807, 2.05) is 18.2 Å². The van der Waals surface area contributed by atoms with Gasteiger partial charge in [0.25, 0.3) is 0 Å². The summed E-state index contributed by atoms with van der Waals surface area (Å²) in [6.07, 6.45) is 0. The van der Waals surface area contributed by atoms with Gasteiger partial charge in [0.15, 0.2) is 0 Å². The van der Waals surface area contributed by atoms with Gasteiger partial charge >= 0.3 is 23.1 Å². The predicted molar refractivity (Wildman–Crippen MR) is 68.6 cm³/mol. The van der Waals surface area contributed by atoms with E-state index in [1.54, 1.807) is 13.1 Å². The van der Waals surface area contributed by atoms with Crippen molar-refractivity contribution in [3.63, 3.8) is 0 Å². The third-order valence-electron chi connectivity index (χ3n) is 1.57. The van der Waals surface area contributed by atoms with Gasteiger partial charge in [0, 0.05) is 0 Å². The molecule has 1 nitrogen and oxygen atoms in total. The van der Waals surface area contributed by atoms with Crippen molar-refractivity contribution >= 4 is 32.1 Å². The molecule has 1 aromatic rings. The molecule has 0 saturated heterocycles. The summed E-state index contributed by atoms with van der Waals surface area (Å²) in [7, 11) is -1.39. The number of hydrogen-bond donors (Lipinski definition) is 0. The van der Waals surface area contributed by atoms with E-state index < -0.39 is 9.04 Å². The fraction of sp³-hybridized carbons (Fsp3) is 0.500. The fourth-order valence-electron chi connectivity index (χ4n) is 0.860. The van der Waals surface area contributed by atoms with E-state index in [-0.39, 0.29) is 28.5 Å². The first kappa shape index (κ1) is 17.6. The van der Waals surface area contributed by atoms with Crippen LogP contribution in [0.5, 0.6) is 0 Å². The van der Waals surface area contributed by atoms with E-state index in [0.717, 1.165) is 0 Å². The van der Waals surface area contributed by atoms with Crippen LogP contribution >= 0.6 is 0 Å². The number of hydrogen-bond acceptors (Lipinski definition) is 1. The normalized spacial score (nSPS) is 10.1. The Hall–Kier alpha value is 0.163. The Kier molecular flexibility index (Phi) is 9.75. The Labute approximate surface area is 112 Å². The molecule has 1 aromatic carbocycles. The number of rotatable bonds is 0. The van der Waals surface area contributed by atoms with Crippen LogP contribution in [0.2, 0.25) is 13.1 Å². The zero-order valence-electron chi connectivity index (χ0n) is 10.5. The van der Waals surface area contributed by atoms with E-state index in [9.17, 15) is 4.80 Å². The maximum Gasteiger partial charge on any atom is 2.00 e. The van der Waals surface area contributed by atoms with Crippen molar-refractivity contribution in [3.8, 4) is 0 Å². The molecule has 3 heteroatoms. The van der Waals surface area contributed by atoms with Gasteiger partial charge in [-0.25, -0.2) is 0 Å². The van der Waals surface area contributed by atoms with Crippen molar-refractivity contribution < 1.29 is 4.80 Å². The van der Waals surface area contributed by atoms with Crippen molar-refractivity contribution in [2.24, 2.45) is 0 Å². The second-order valence-corrected chi connectivity index (χ2v) is 6.69. The molecule has 0 N–H and O–H groups in total. The molecule has 1 rings (SSSR count). The maximum atomic E-state index is 9.67. The molecule has 0 amide bonds. The Morgan fingerprint density at radius 2 is 1.73 bits per heavy atom. The second-order valence-electron chi connectivity index (χ2n) is 4.59. The third kappa shape index (κ3) is 10.4. The standard InChI is InChI=1S/C10H13.C2H7OSi.Mg/c1-10(2,3)9-7-5-4-6-8-9;1-4(2)3;/h4-5,7-8H,1-3H3;4H,1-2H3;/q2*-1;+2. The van der Waals surface area contributed by atoms with Crippen molar-refractivity contribution in [2.45, 2.75) is 39.3 Å². The molecule has 0 saturated carbocycles. The van der Waals surface area contributed by atoms with Gasteiger partial charge < -0.3 is 4.80 Å². The quantitative estimate of drug-likeness (QED) is 0.494. The van der Waals surface area contributed by atoms with Crippen LogP contribution in [0, 0.1) is 6.07 Å². The fourth-order valence-corrected chi connectivity index (χ4v) is 0.860. The smallest absolute Gasteiger partial charge is 0.861 e. The van der Waals surface area contributed by atoms with Gasteiger partial charge in [-0.3, -0.25) is 0 Å². The molecule has 0 heterocycles. The van der Waals surface area contributed by atoms with Gasteiger partial charge in [-0.05, 0) is 0 Å². The summed E-state index contributed by atoms with van der Waals surface area (Å²) in [6, 6.07) is 11.2. The zero-order chi connectivity index (χ0) is 11.2. The molecule has 0 radical (unpaired) electrons. The molecule has 0 atom stereocenters. The molecule has 0 aliphatic heterocycles. The Morgan fingerprint density at radius 3 is 1.93 bits per heavy atom. The third-order valence-corrected chi connectivity index (χ3v) is 1.57. The SMILES string of the molecule is CC(C)(C)c1c[c-]ccc1.C[SiH](C)[O-].[Mg+2]. The van der Waals surface area contributed by atoms with Gasteiger partial charge in [0.05, 0.1) is 0 Å². The number of benzene rings is 1. The Balaban J connectivity index is 0. The predicted octanol–water partition coefficient (Wildman–Crippen LogP) is 1.73. The Bertz CT molecular complexity index is 239. The first-order valence-corrected chi connectivity index (χ1v) is 7.74. The van der Waals surface area contributed by atoms with Crippen LogP contribution in [0.4, 0.5) is 0 Å². The van der Waals surface area contributed by atoms with Crippen molar-refractivity contribution in [1.29, 1.82) is 0 Å². The van der Waals surface area contributed by atoms with Crippen LogP contribution in [-0.2, 0) is 5.41 Å². The van der Waals surface area contributed by atoms with Crippen LogP contribution in [0.3, 0.4) is 0 Å². The molecule has 0 spiro atoms. The summed E-state index contributed by atoms with van der Waals surface area (Å²) < 4.78 is 0. The van der Waals surface area contributed by atoms with E-state index in [0.29, 0.717) is 0 Å². The molecule has 0 aromatic heterocycles. The van der Waals surface area contributed by atoms with E-state index in [1.165, 1.54) is 5.56 Å². The van der Waals surface area contributed by atoms with Crippen LogP contribution in [-0.4, -0.2) is 32.1 Å². The molecule has 0 aliphatic carbocycles. The first-order valence-electron chi connectivity index (χ1n) is 4.96. The van der Waals surface area contributed by atoms with Gasteiger partial charge in [0.2, 0.25) is 0 Å². The maximum absolute atomic E-state index is 9.67. The monoisotopic (exact) mass is 232 g/mol. The summed E-state index contributed by atoms with van der Waals surface area (Å²) in [5.74, 6) is 0. The molecule has 0 unspecified atom stereocenters. The van der Waals surface area contributed by atoms with Gasteiger partial charge in [-0.2, -0.15) is 35.9 Å². The molecule has 0 aliphatic rings. The first-order chi connectivity index (χ1) is 6.34. The summed E-state index contributed by atoms with van der Waals surface area (Å²) in [6.45, 7) is 10.1. The molecule has 15 heavy (non-hydrogen) atoms. The molecule has 0 bridgehead atoms. The summed E-state index contributed by atoms with van der Waals surface area (Å²) >= 11 is 0. The van der Waals surface area contributed by atoms with Crippen LogP contribution in [0.25, 0.3) is 0 Å². The Morgan fingerprint density at radius 1 is 1.27 bits per heavy atom. The summed E-state index contributed by atoms with van der Waals surface area (Å²) in [4.78, 5) is 9.67. The molecule has 0 fully saturated rings. The minimum atomic E-state index is -1.39. The topological polar surface area (TPSA) is 23.1 Å². The van der Waals surface area contributed by atoms with Crippen LogP contribution in [0.15, 0.2) is 24.3 Å². The molecular formula is C12H20MgOSi. The zero-order valence-corrected chi connectivity index (χ0v) is 13.1. The van der Waals surface area contributed by atoms with Crippen LogP contribution in [0.1, 0.15) is 26.3 Å². The van der Waals surface area contributed by atoms with Crippen LogP contribution < -0.4 is 4.80 Å². The van der Waals surface area contributed by atoms with Crippen molar-refractivity contribution in [2.75, 3.05) is 0 Å². The minimum absolute atomic E-state index is 0. The van der Waals surface area contributed by atoms with Gasteiger partial charge in [-0.15, -0.1) is 0 Å². The van der Waals surface area contributed by atoms with E-state index >= 15 is 0 Å². The largest absolute Gasteiger partial charge is 2.00 e. The second kappa shape index (κ2) is 8.33. The summed E-state index contributed by atoms with van der Waals surface area (Å²) in [5.41, 5.74) is 1.60. The minimum Gasteiger partial charge on any atom is -0.861 e. The summed E-state index contributed by atoms with van der Waals surface area (Å²) in [5, 5.41) is 0.